The summed E-state index contributed by atoms with van der Waals surface area (Å²) in [6.07, 6.45) is 3.64. The lowest BCUT2D eigenvalue weighted by atomic mass is 9.55. The molecule has 1 N–H and O–H groups in total. The van der Waals surface area contributed by atoms with E-state index >= 15 is 0 Å². The van der Waals surface area contributed by atoms with E-state index in [2.05, 4.69) is 71.1 Å². The normalized spacial score (nSPS) is 42.7. The van der Waals surface area contributed by atoms with Gasteiger partial charge in [0.1, 0.15) is 0 Å². The lowest BCUT2D eigenvalue weighted by Gasteiger charge is -2.47. The predicted molar refractivity (Wildman–Crippen MR) is 101 cm³/mol. The van der Waals surface area contributed by atoms with Crippen molar-refractivity contribution < 1.29 is 9.90 Å². The van der Waals surface area contributed by atoms with Gasteiger partial charge in [-0.25, -0.2) is 0 Å². The molecule has 3 heteroatoms. The molecule has 0 aromatic heterocycles. The molecule has 5 aliphatic carbocycles. The number of carboxylic acid groups (broad SMARTS) is 1. The molecule has 0 saturated heterocycles. The van der Waals surface area contributed by atoms with Crippen molar-refractivity contribution in [1.82, 2.24) is 0 Å². The first-order valence-electron chi connectivity index (χ1n) is 8.60. The SMILES string of the molecule is O=C(O)C12CC34CC1(I)CC3(C2)c1ccccc1-c1ccccc14. The molecule has 7 rings (SSSR count). The summed E-state index contributed by atoms with van der Waals surface area (Å²) in [6.45, 7) is 0. The molecular weight excluding hydrogens is 411 g/mol. The van der Waals surface area contributed by atoms with Crippen molar-refractivity contribution in [3.8, 4) is 11.1 Å². The minimum atomic E-state index is -0.574. The average Bonchev–Trinajstić information content (AvgIpc) is 3.19. The molecule has 2 aromatic carbocycles. The van der Waals surface area contributed by atoms with Gasteiger partial charge in [0.15, 0.2) is 0 Å². The third-order valence-corrected chi connectivity index (χ3v) is 9.52. The highest BCUT2D eigenvalue weighted by Gasteiger charge is 2.87. The van der Waals surface area contributed by atoms with Crippen LogP contribution in [0.25, 0.3) is 11.1 Å². The summed E-state index contributed by atoms with van der Waals surface area (Å²) in [4.78, 5) is 12.4. The van der Waals surface area contributed by atoms with Gasteiger partial charge < -0.3 is 5.11 Å². The van der Waals surface area contributed by atoms with Crippen molar-refractivity contribution in [3.63, 3.8) is 0 Å². The van der Waals surface area contributed by atoms with Gasteiger partial charge in [-0.15, -0.1) is 0 Å². The summed E-state index contributed by atoms with van der Waals surface area (Å²) in [7, 11) is 0. The van der Waals surface area contributed by atoms with E-state index < -0.39 is 11.4 Å². The van der Waals surface area contributed by atoms with Crippen LogP contribution in [0.2, 0.25) is 0 Å². The Balaban J connectivity index is 1.77. The number of alkyl halides is 1. The third-order valence-electron chi connectivity index (χ3n) is 7.73. The summed E-state index contributed by atoms with van der Waals surface area (Å²) >= 11 is 2.52. The van der Waals surface area contributed by atoms with Gasteiger partial charge in [-0.05, 0) is 47.9 Å². The fourth-order valence-corrected chi connectivity index (χ4v) is 8.99. The molecule has 2 spiro atoms. The Morgan fingerprint density at radius 2 is 1.29 bits per heavy atom. The van der Waals surface area contributed by atoms with E-state index in [4.69, 9.17) is 0 Å². The van der Waals surface area contributed by atoms with Crippen molar-refractivity contribution in [2.45, 2.75) is 39.9 Å². The van der Waals surface area contributed by atoms with Gasteiger partial charge in [0.25, 0.3) is 0 Å². The second-order valence-corrected chi connectivity index (χ2v) is 10.4. The number of carboxylic acids is 1. The highest BCUT2D eigenvalue weighted by Crippen LogP contribution is 2.87. The van der Waals surface area contributed by atoms with Crippen LogP contribution >= 0.6 is 22.6 Å². The molecule has 2 aromatic rings. The van der Waals surface area contributed by atoms with Gasteiger partial charge in [0, 0.05) is 14.3 Å². The fourth-order valence-electron chi connectivity index (χ4n) is 7.08. The highest BCUT2D eigenvalue weighted by molar-refractivity contribution is 14.1. The van der Waals surface area contributed by atoms with Crippen molar-refractivity contribution in [1.29, 1.82) is 0 Å². The van der Waals surface area contributed by atoms with Crippen LogP contribution in [0.3, 0.4) is 0 Å². The molecular formula is C21H17IO2. The average molecular weight is 428 g/mol. The topological polar surface area (TPSA) is 37.3 Å². The standard InChI is InChI=1S/C21H17IO2/c22-21-11-18-9-20(21,17(23)24)10-19(18,12-21)16-8-4-2-6-14(16)13-5-1-3-7-15(13)18/h1-8H,9-12H2,(H,23,24). The lowest BCUT2D eigenvalue weighted by Crippen LogP contribution is -2.43. The molecule has 5 aliphatic rings. The molecule has 4 fully saturated rings. The van der Waals surface area contributed by atoms with Crippen molar-refractivity contribution >= 4 is 28.6 Å². The lowest BCUT2D eigenvalue weighted by molar-refractivity contribution is -0.148. The molecule has 4 saturated carbocycles. The van der Waals surface area contributed by atoms with E-state index in [0.29, 0.717) is 0 Å². The van der Waals surface area contributed by atoms with Gasteiger partial charge >= 0.3 is 5.97 Å². The maximum absolute atomic E-state index is 12.4. The summed E-state index contributed by atoms with van der Waals surface area (Å²) in [5, 5.41) is 10.2. The van der Waals surface area contributed by atoms with E-state index in [-0.39, 0.29) is 14.3 Å². The van der Waals surface area contributed by atoms with E-state index in [1.54, 1.807) is 0 Å². The van der Waals surface area contributed by atoms with Crippen LogP contribution in [0, 0.1) is 5.41 Å². The number of fused-ring (bicyclic) bond motifs is 3. The second-order valence-electron chi connectivity index (χ2n) is 8.32. The van der Waals surface area contributed by atoms with Crippen LogP contribution in [0.5, 0.6) is 0 Å². The summed E-state index contributed by atoms with van der Waals surface area (Å²) < 4.78 is -0.110. The van der Waals surface area contributed by atoms with Gasteiger partial charge in [-0.3, -0.25) is 4.79 Å². The maximum Gasteiger partial charge on any atom is 0.311 e. The molecule has 0 heterocycles. The van der Waals surface area contributed by atoms with E-state index in [9.17, 15) is 9.90 Å². The number of halogens is 1. The van der Waals surface area contributed by atoms with Gasteiger partial charge in [0.05, 0.1) is 5.41 Å². The number of hydrogen-bond acceptors (Lipinski definition) is 1. The Morgan fingerprint density at radius 3 is 1.71 bits per heavy atom. The molecule has 120 valence electrons. The Kier molecular flexibility index (Phi) is 2.16. The third kappa shape index (κ3) is 1.11. The minimum absolute atomic E-state index is 0.0114. The van der Waals surface area contributed by atoms with Crippen molar-refractivity contribution in [2.24, 2.45) is 5.41 Å². The fraction of sp³-hybridized carbons (Fsp3) is 0.381. The Bertz CT molecular complexity index is 885. The molecule has 2 nitrogen and oxygen atoms in total. The van der Waals surface area contributed by atoms with Crippen LogP contribution in [-0.2, 0) is 15.6 Å². The van der Waals surface area contributed by atoms with Crippen LogP contribution in [0.4, 0.5) is 0 Å². The number of hydrogen-bond donors (Lipinski definition) is 1. The summed E-state index contributed by atoms with van der Waals surface area (Å²) in [5.41, 5.74) is 4.93. The zero-order chi connectivity index (χ0) is 16.4. The number of aliphatic carboxylic acids is 1. The number of carbonyl (C=O) groups is 1. The van der Waals surface area contributed by atoms with Crippen LogP contribution in [0.15, 0.2) is 48.5 Å². The number of rotatable bonds is 1. The zero-order valence-electron chi connectivity index (χ0n) is 13.2. The highest BCUT2D eigenvalue weighted by atomic mass is 127. The molecule has 0 aliphatic heterocycles. The van der Waals surface area contributed by atoms with E-state index in [1.165, 1.54) is 22.3 Å². The van der Waals surface area contributed by atoms with Crippen LogP contribution in [0.1, 0.15) is 36.8 Å². The van der Waals surface area contributed by atoms with Gasteiger partial charge in [-0.2, -0.15) is 0 Å². The molecule has 0 radical (unpaired) electrons. The largest absolute Gasteiger partial charge is 0.481 e. The first kappa shape index (κ1) is 13.9. The van der Waals surface area contributed by atoms with Gasteiger partial charge in [0.2, 0.25) is 0 Å². The van der Waals surface area contributed by atoms with Crippen LogP contribution < -0.4 is 0 Å². The monoisotopic (exact) mass is 428 g/mol. The summed E-state index contributed by atoms with van der Waals surface area (Å²) in [6, 6.07) is 17.5. The second kappa shape index (κ2) is 3.74. The quantitative estimate of drug-likeness (QED) is 0.529. The van der Waals surface area contributed by atoms with E-state index in [0.717, 1.165) is 25.7 Å². The van der Waals surface area contributed by atoms with Crippen molar-refractivity contribution in [3.05, 3.63) is 59.7 Å². The maximum atomic E-state index is 12.4. The molecule has 24 heavy (non-hydrogen) atoms. The van der Waals surface area contributed by atoms with Gasteiger partial charge in [-0.1, -0.05) is 71.1 Å². The first-order chi connectivity index (χ1) is 11.5. The minimum Gasteiger partial charge on any atom is -0.481 e. The zero-order valence-corrected chi connectivity index (χ0v) is 15.3. The first-order valence-corrected chi connectivity index (χ1v) is 9.68. The molecule has 0 amide bonds. The Morgan fingerprint density at radius 1 is 0.833 bits per heavy atom. The van der Waals surface area contributed by atoms with E-state index in [1.807, 2.05) is 0 Å². The van der Waals surface area contributed by atoms with Crippen LogP contribution in [-0.4, -0.2) is 14.5 Å². The Hall–Kier alpha value is -1.36. The van der Waals surface area contributed by atoms with Crippen molar-refractivity contribution in [2.75, 3.05) is 0 Å². The molecule has 2 unspecified atom stereocenters. The summed E-state index contributed by atoms with van der Waals surface area (Å²) in [5.74, 6) is -0.574. The molecule has 4 bridgehead atoms. The Labute approximate surface area is 154 Å². The molecule has 2 atom stereocenters. The predicted octanol–water partition coefficient (Wildman–Crippen LogP) is 4.69. The number of benzene rings is 2. The smallest absolute Gasteiger partial charge is 0.311 e.